The molecule has 0 spiro atoms. The van der Waals surface area contributed by atoms with Crippen molar-refractivity contribution in [1.29, 1.82) is 0 Å². The summed E-state index contributed by atoms with van der Waals surface area (Å²) in [5, 5.41) is 3.29. The molecule has 1 heterocycles. The van der Waals surface area contributed by atoms with E-state index >= 15 is 0 Å². The molecule has 1 aromatic carbocycles. The van der Waals surface area contributed by atoms with Gasteiger partial charge in [-0.05, 0) is 25.1 Å². The van der Waals surface area contributed by atoms with Gasteiger partial charge in [-0.15, -0.1) is 0 Å². The highest BCUT2D eigenvalue weighted by atomic mass is 16.5. The van der Waals surface area contributed by atoms with Crippen LogP contribution in [0.5, 0.6) is 0 Å². The summed E-state index contributed by atoms with van der Waals surface area (Å²) in [5.74, 6) is -0.470. The number of carbonyl (C=O) groups is 2. The summed E-state index contributed by atoms with van der Waals surface area (Å²) in [6.45, 7) is 4.21. The van der Waals surface area contributed by atoms with Gasteiger partial charge in [0.2, 0.25) is 0 Å². The molecule has 102 valence electrons. The molecule has 1 fully saturated rings. The second-order valence-corrected chi connectivity index (χ2v) is 4.68. The van der Waals surface area contributed by atoms with Gasteiger partial charge >= 0.3 is 5.97 Å². The minimum atomic E-state index is -0.427. The van der Waals surface area contributed by atoms with Gasteiger partial charge in [0.1, 0.15) is 0 Å². The van der Waals surface area contributed by atoms with Crippen LogP contribution in [0.4, 0.5) is 0 Å². The molecule has 19 heavy (non-hydrogen) atoms. The van der Waals surface area contributed by atoms with E-state index < -0.39 is 5.97 Å². The first-order valence-corrected chi connectivity index (χ1v) is 6.33. The third-order valence-corrected chi connectivity index (χ3v) is 3.19. The Morgan fingerprint density at radius 2 is 2.11 bits per heavy atom. The quantitative estimate of drug-likeness (QED) is 0.805. The van der Waals surface area contributed by atoms with Crippen molar-refractivity contribution in [3.8, 4) is 0 Å². The van der Waals surface area contributed by atoms with E-state index in [-0.39, 0.29) is 5.91 Å². The van der Waals surface area contributed by atoms with Crippen LogP contribution in [-0.2, 0) is 4.74 Å². The maximum Gasteiger partial charge on any atom is 0.337 e. The number of hydrogen-bond donors (Lipinski definition) is 1. The number of methoxy groups -OCH3 is 1. The van der Waals surface area contributed by atoms with Crippen LogP contribution in [0.3, 0.4) is 0 Å². The fourth-order valence-corrected chi connectivity index (χ4v) is 2.20. The molecule has 1 aliphatic rings. The van der Waals surface area contributed by atoms with Crippen molar-refractivity contribution in [1.82, 2.24) is 10.2 Å². The Hall–Kier alpha value is -1.88. The van der Waals surface area contributed by atoms with Gasteiger partial charge in [-0.3, -0.25) is 4.79 Å². The number of piperazine rings is 1. The van der Waals surface area contributed by atoms with Crippen molar-refractivity contribution >= 4 is 11.9 Å². The highest BCUT2D eigenvalue weighted by Crippen LogP contribution is 2.11. The Morgan fingerprint density at radius 1 is 1.37 bits per heavy atom. The van der Waals surface area contributed by atoms with E-state index in [0.717, 1.165) is 6.54 Å². The van der Waals surface area contributed by atoms with Gasteiger partial charge in [-0.1, -0.05) is 6.07 Å². The van der Waals surface area contributed by atoms with Crippen LogP contribution in [0.15, 0.2) is 24.3 Å². The number of carbonyl (C=O) groups excluding carboxylic acids is 2. The van der Waals surface area contributed by atoms with Crippen molar-refractivity contribution in [2.45, 2.75) is 13.0 Å². The average Bonchev–Trinajstić information content (AvgIpc) is 2.45. The molecule has 1 aromatic rings. The molecule has 5 nitrogen and oxygen atoms in total. The first kappa shape index (κ1) is 13.5. The molecule has 0 bridgehead atoms. The highest BCUT2D eigenvalue weighted by Gasteiger charge is 2.22. The maximum atomic E-state index is 12.4. The molecule has 0 aliphatic carbocycles. The Labute approximate surface area is 112 Å². The lowest BCUT2D eigenvalue weighted by Crippen LogP contribution is -2.51. The monoisotopic (exact) mass is 262 g/mol. The zero-order chi connectivity index (χ0) is 13.8. The Bertz CT molecular complexity index is 487. The molecule has 1 unspecified atom stereocenters. The van der Waals surface area contributed by atoms with Crippen LogP contribution in [0.1, 0.15) is 27.6 Å². The molecule has 1 amide bonds. The van der Waals surface area contributed by atoms with Gasteiger partial charge in [0.05, 0.1) is 12.7 Å². The summed E-state index contributed by atoms with van der Waals surface area (Å²) in [7, 11) is 1.33. The summed E-state index contributed by atoms with van der Waals surface area (Å²) in [6.07, 6.45) is 0. The number of benzene rings is 1. The van der Waals surface area contributed by atoms with Crippen LogP contribution in [0.2, 0.25) is 0 Å². The second kappa shape index (κ2) is 5.84. The Morgan fingerprint density at radius 3 is 2.79 bits per heavy atom. The van der Waals surface area contributed by atoms with E-state index in [2.05, 4.69) is 10.1 Å². The maximum absolute atomic E-state index is 12.4. The molecular weight excluding hydrogens is 244 g/mol. The molecule has 1 N–H and O–H groups in total. The van der Waals surface area contributed by atoms with Crippen molar-refractivity contribution in [2.24, 2.45) is 0 Å². The lowest BCUT2D eigenvalue weighted by atomic mass is 10.1. The third-order valence-electron chi connectivity index (χ3n) is 3.19. The van der Waals surface area contributed by atoms with E-state index in [0.29, 0.717) is 30.3 Å². The summed E-state index contributed by atoms with van der Waals surface area (Å²) in [6, 6.07) is 6.94. The fraction of sp³-hybridized carbons (Fsp3) is 0.429. The Kier molecular flexibility index (Phi) is 4.16. The molecular formula is C14H18N2O3. The minimum Gasteiger partial charge on any atom is -0.465 e. The van der Waals surface area contributed by atoms with Crippen molar-refractivity contribution < 1.29 is 14.3 Å². The lowest BCUT2D eigenvalue weighted by Gasteiger charge is -2.32. The molecule has 2 rings (SSSR count). The molecule has 1 atom stereocenters. The van der Waals surface area contributed by atoms with Gasteiger partial charge < -0.3 is 15.0 Å². The van der Waals surface area contributed by atoms with Gasteiger partial charge in [-0.2, -0.15) is 0 Å². The van der Waals surface area contributed by atoms with E-state index in [1.807, 2.05) is 6.92 Å². The first-order chi connectivity index (χ1) is 9.11. The topological polar surface area (TPSA) is 58.6 Å². The summed E-state index contributed by atoms with van der Waals surface area (Å²) >= 11 is 0. The normalized spacial score (nSPS) is 19.1. The Balaban J connectivity index is 2.16. The van der Waals surface area contributed by atoms with E-state index in [9.17, 15) is 9.59 Å². The van der Waals surface area contributed by atoms with Crippen LogP contribution in [0.25, 0.3) is 0 Å². The predicted molar refractivity (Wildman–Crippen MR) is 71.1 cm³/mol. The number of esters is 1. The molecule has 0 radical (unpaired) electrons. The first-order valence-electron chi connectivity index (χ1n) is 6.33. The standard InChI is InChI=1S/C14H18N2O3/c1-10-9-16(7-6-15-10)13(17)11-4-3-5-12(8-11)14(18)19-2/h3-5,8,10,15H,6-7,9H2,1-2H3. The summed E-state index contributed by atoms with van der Waals surface area (Å²) < 4.78 is 4.66. The second-order valence-electron chi connectivity index (χ2n) is 4.68. The molecule has 0 aromatic heterocycles. The van der Waals surface area contributed by atoms with Crippen molar-refractivity contribution in [3.05, 3.63) is 35.4 Å². The number of ether oxygens (including phenoxy) is 1. The van der Waals surface area contributed by atoms with E-state index in [1.54, 1.807) is 29.2 Å². The number of hydrogen-bond acceptors (Lipinski definition) is 4. The molecule has 1 aliphatic heterocycles. The van der Waals surface area contributed by atoms with Crippen molar-refractivity contribution in [2.75, 3.05) is 26.7 Å². The SMILES string of the molecule is COC(=O)c1cccc(C(=O)N2CCNC(C)C2)c1. The van der Waals surface area contributed by atoms with E-state index in [4.69, 9.17) is 0 Å². The van der Waals surface area contributed by atoms with Crippen LogP contribution < -0.4 is 5.32 Å². The summed E-state index contributed by atoms with van der Waals surface area (Å²) in [5.41, 5.74) is 0.925. The third kappa shape index (κ3) is 3.12. The molecule has 1 saturated heterocycles. The van der Waals surface area contributed by atoms with Gasteiger partial charge in [0.15, 0.2) is 0 Å². The smallest absolute Gasteiger partial charge is 0.337 e. The lowest BCUT2D eigenvalue weighted by molar-refractivity contribution is 0.0600. The largest absolute Gasteiger partial charge is 0.465 e. The summed E-state index contributed by atoms with van der Waals surface area (Å²) in [4.78, 5) is 25.6. The number of amides is 1. The molecule has 0 saturated carbocycles. The van der Waals surface area contributed by atoms with Crippen molar-refractivity contribution in [3.63, 3.8) is 0 Å². The average molecular weight is 262 g/mol. The van der Waals surface area contributed by atoms with Gasteiger partial charge in [0.25, 0.3) is 5.91 Å². The van der Waals surface area contributed by atoms with E-state index in [1.165, 1.54) is 7.11 Å². The highest BCUT2D eigenvalue weighted by molar-refractivity contribution is 5.98. The predicted octanol–water partition coefficient (Wildman–Crippen LogP) is 0.907. The zero-order valence-corrected chi connectivity index (χ0v) is 11.2. The number of rotatable bonds is 2. The number of nitrogens with zero attached hydrogens (tertiary/aromatic N) is 1. The number of nitrogens with one attached hydrogen (secondary N) is 1. The van der Waals surface area contributed by atoms with Crippen LogP contribution in [0, 0.1) is 0 Å². The van der Waals surface area contributed by atoms with Gasteiger partial charge in [0, 0.05) is 31.2 Å². The zero-order valence-electron chi connectivity index (χ0n) is 11.2. The molecule has 5 heteroatoms. The van der Waals surface area contributed by atoms with Gasteiger partial charge in [-0.25, -0.2) is 4.79 Å². The van der Waals surface area contributed by atoms with Crippen LogP contribution in [-0.4, -0.2) is 49.6 Å². The fourth-order valence-electron chi connectivity index (χ4n) is 2.20. The minimum absolute atomic E-state index is 0.0425. The van der Waals surface area contributed by atoms with Crippen LogP contribution >= 0.6 is 0 Å².